The fourth-order valence-electron chi connectivity index (χ4n) is 2.64. The predicted molar refractivity (Wildman–Crippen MR) is 81.0 cm³/mol. The molecule has 106 valence electrons. The molecule has 2 heterocycles. The van der Waals surface area contributed by atoms with E-state index in [0.717, 1.165) is 38.2 Å². The molecule has 0 bridgehead atoms. The van der Waals surface area contributed by atoms with E-state index >= 15 is 0 Å². The van der Waals surface area contributed by atoms with Crippen LogP contribution in [0, 0.1) is 0 Å². The molecule has 1 atom stereocenters. The van der Waals surface area contributed by atoms with Gasteiger partial charge in [0.25, 0.3) is 0 Å². The van der Waals surface area contributed by atoms with E-state index < -0.39 is 0 Å². The number of aromatic nitrogens is 1. The second-order valence-corrected chi connectivity index (χ2v) is 5.78. The summed E-state index contributed by atoms with van der Waals surface area (Å²) in [7, 11) is 0. The van der Waals surface area contributed by atoms with Crippen LogP contribution in [-0.4, -0.2) is 36.1 Å². The van der Waals surface area contributed by atoms with Crippen molar-refractivity contribution in [1.29, 1.82) is 0 Å². The van der Waals surface area contributed by atoms with Crippen LogP contribution in [-0.2, 0) is 0 Å². The van der Waals surface area contributed by atoms with Gasteiger partial charge in [-0.2, -0.15) is 0 Å². The maximum absolute atomic E-state index is 6.33. The number of nitrogens with one attached hydrogen (secondary N) is 1. The zero-order chi connectivity index (χ0) is 13.7. The Bertz CT molecular complexity index is 385. The Balaban J connectivity index is 2.25. The van der Waals surface area contributed by atoms with Crippen LogP contribution in [0.5, 0.6) is 0 Å². The fraction of sp³-hybridized carbons (Fsp3) is 0.643. The molecule has 1 aromatic heterocycles. The number of pyridine rings is 1. The van der Waals surface area contributed by atoms with E-state index in [9.17, 15) is 0 Å². The zero-order valence-corrected chi connectivity index (χ0v) is 12.8. The number of nitrogens with zero attached hydrogens (tertiary/aromatic N) is 2. The standard InChI is InChI=1S/C14H21Cl2N3/c1-2-3-4-13(19-7-5-17-6-8-19)14-11(15)9-18-10-12(14)16/h9-10,13,17H,2-8H2,1H3/t13-/m1/s1. The summed E-state index contributed by atoms with van der Waals surface area (Å²) in [6, 6.07) is 0.310. The van der Waals surface area contributed by atoms with Gasteiger partial charge in [0.05, 0.1) is 10.0 Å². The molecule has 1 aliphatic rings. The van der Waals surface area contributed by atoms with E-state index in [4.69, 9.17) is 23.2 Å². The van der Waals surface area contributed by atoms with Gasteiger partial charge in [0.15, 0.2) is 0 Å². The van der Waals surface area contributed by atoms with E-state index in [2.05, 4.69) is 22.1 Å². The highest BCUT2D eigenvalue weighted by Crippen LogP contribution is 2.36. The molecule has 5 heteroatoms. The number of hydrogen-bond acceptors (Lipinski definition) is 3. The van der Waals surface area contributed by atoms with E-state index in [0.29, 0.717) is 16.1 Å². The molecule has 2 rings (SSSR count). The van der Waals surface area contributed by atoms with Crippen LogP contribution in [0.2, 0.25) is 10.0 Å². The first-order valence-electron chi connectivity index (χ1n) is 6.97. The third-order valence-electron chi connectivity index (χ3n) is 3.65. The molecular weight excluding hydrogens is 281 g/mol. The Labute approximate surface area is 125 Å². The third kappa shape index (κ3) is 3.82. The molecule has 0 aromatic carbocycles. The van der Waals surface area contributed by atoms with Crippen molar-refractivity contribution >= 4 is 23.2 Å². The average Bonchev–Trinajstić information content (AvgIpc) is 2.43. The van der Waals surface area contributed by atoms with Crippen molar-refractivity contribution in [3.05, 3.63) is 28.0 Å². The molecule has 1 saturated heterocycles. The molecule has 3 nitrogen and oxygen atoms in total. The van der Waals surface area contributed by atoms with Gasteiger partial charge >= 0.3 is 0 Å². The topological polar surface area (TPSA) is 28.2 Å². The third-order valence-corrected chi connectivity index (χ3v) is 4.25. The van der Waals surface area contributed by atoms with Gasteiger partial charge in [0.2, 0.25) is 0 Å². The maximum atomic E-state index is 6.33. The Morgan fingerprint density at radius 1 is 1.26 bits per heavy atom. The molecule has 0 radical (unpaired) electrons. The Morgan fingerprint density at radius 2 is 1.89 bits per heavy atom. The largest absolute Gasteiger partial charge is 0.314 e. The highest BCUT2D eigenvalue weighted by Gasteiger charge is 2.25. The molecular formula is C14H21Cl2N3. The van der Waals surface area contributed by atoms with Gasteiger partial charge in [-0.1, -0.05) is 43.0 Å². The van der Waals surface area contributed by atoms with Gasteiger partial charge in [-0.25, -0.2) is 0 Å². The molecule has 0 saturated carbocycles. The molecule has 1 aromatic rings. The minimum absolute atomic E-state index is 0.310. The normalized spacial score (nSPS) is 18.5. The first-order chi connectivity index (χ1) is 9.24. The van der Waals surface area contributed by atoms with Crippen molar-refractivity contribution in [3.8, 4) is 0 Å². The number of piperazine rings is 1. The van der Waals surface area contributed by atoms with Crippen LogP contribution in [0.3, 0.4) is 0 Å². The number of rotatable bonds is 5. The SMILES string of the molecule is CCCC[C@H](c1c(Cl)cncc1Cl)N1CCNCC1. The Morgan fingerprint density at radius 3 is 2.47 bits per heavy atom. The summed E-state index contributed by atoms with van der Waals surface area (Å²) in [5, 5.41) is 4.76. The molecule has 0 spiro atoms. The van der Waals surface area contributed by atoms with Gasteiger partial charge in [-0.05, 0) is 6.42 Å². The van der Waals surface area contributed by atoms with Crippen LogP contribution in [0.4, 0.5) is 0 Å². The van der Waals surface area contributed by atoms with Crippen molar-refractivity contribution in [2.75, 3.05) is 26.2 Å². The van der Waals surface area contributed by atoms with Gasteiger partial charge in [-0.15, -0.1) is 0 Å². The summed E-state index contributed by atoms with van der Waals surface area (Å²) in [5.74, 6) is 0. The summed E-state index contributed by atoms with van der Waals surface area (Å²) in [4.78, 5) is 6.54. The van der Waals surface area contributed by atoms with Crippen LogP contribution in [0.1, 0.15) is 37.8 Å². The van der Waals surface area contributed by atoms with Gasteiger partial charge in [-0.3, -0.25) is 9.88 Å². The summed E-state index contributed by atoms with van der Waals surface area (Å²) in [6.45, 7) is 6.36. The highest BCUT2D eigenvalue weighted by atomic mass is 35.5. The Kier molecular flexibility index (Phi) is 5.89. The van der Waals surface area contributed by atoms with Crippen LogP contribution < -0.4 is 5.32 Å². The molecule has 0 aliphatic carbocycles. The van der Waals surface area contributed by atoms with Crippen molar-refractivity contribution < 1.29 is 0 Å². The predicted octanol–water partition coefficient (Wildman–Crippen LogP) is 3.52. The van der Waals surface area contributed by atoms with Crippen LogP contribution >= 0.6 is 23.2 Å². The molecule has 1 fully saturated rings. The average molecular weight is 302 g/mol. The molecule has 0 unspecified atom stereocenters. The first-order valence-corrected chi connectivity index (χ1v) is 7.73. The van der Waals surface area contributed by atoms with Gasteiger partial charge < -0.3 is 5.32 Å². The number of unbranched alkanes of at least 4 members (excludes halogenated alkanes) is 1. The van der Waals surface area contributed by atoms with E-state index in [1.807, 2.05) is 0 Å². The number of hydrogen-bond donors (Lipinski definition) is 1. The lowest BCUT2D eigenvalue weighted by Crippen LogP contribution is -2.45. The smallest absolute Gasteiger partial charge is 0.0652 e. The lowest BCUT2D eigenvalue weighted by molar-refractivity contribution is 0.163. The minimum atomic E-state index is 0.310. The zero-order valence-electron chi connectivity index (χ0n) is 11.3. The van der Waals surface area contributed by atoms with Gasteiger partial charge in [0.1, 0.15) is 0 Å². The van der Waals surface area contributed by atoms with Crippen LogP contribution in [0.25, 0.3) is 0 Å². The minimum Gasteiger partial charge on any atom is -0.314 e. The number of halogens is 2. The molecule has 1 N–H and O–H groups in total. The second kappa shape index (κ2) is 7.44. The van der Waals surface area contributed by atoms with E-state index in [1.165, 1.54) is 12.8 Å². The van der Waals surface area contributed by atoms with Crippen molar-refractivity contribution in [3.63, 3.8) is 0 Å². The van der Waals surface area contributed by atoms with E-state index in [1.54, 1.807) is 12.4 Å². The summed E-state index contributed by atoms with van der Waals surface area (Å²) in [6.07, 6.45) is 6.86. The molecule has 1 aliphatic heterocycles. The Hall–Kier alpha value is -0.350. The fourth-order valence-corrected chi connectivity index (χ4v) is 3.26. The van der Waals surface area contributed by atoms with Crippen molar-refractivity contribution in [1.82, 2.24) is 15.2 Å². The second-order valence-electron chi connectivity index (χ2n) is 4.96. The molecule has 0 amide bonds. The lowest BCUT2D eigenvalue weighted by atomic mass is 9.99. The summed E-state index contributed by atoms with van der Waals surface area (Å²) >= 11 is 12.7. The quantitative estimate of drug-likeness (QED) is 0.902. The maximum Gasteiger partial charge on any atom is 0.0652 e. The summed E-state index contributed by atoms with van der Waals surface area (Å²) in [5.41, 5.74) is 1.05. The van der Waals surface area contributed by atoms with Gasteiger partial charge in [0, 0.05) is 50.2 Å². The van der Waals surface area contributed by atoms with Crippen molar-refractivity contribution in [2.45, 2.75) is 32.2 Å². The monoisotopic (exact) mass is 301 g/mol. The first kappa shape index (κ1) is 15.0. The van der Waals surface area contributed by atoms with E-state index in [-0.39, 0.29) is 0 Å². The highest BCUT2D eigenvalue weighted by molar-refractivity contribution is 6.35. The molecule has 19 heavy (non-hydrogen) atoms. The van der Waals surface area contributed by atoms with Crippen molar-refractivity contribution in [2.24, 2.45) is 0 Å². The summed E-state index contributed by atoms with van der Waals surface area (Å²) < 4.78 is 0. The lowest BCUT2D eigenvalue weighted by Gasteiger charge is -2.36. The van der Waals surface area contributed by atoms with Crippen LogP contribution in [0.15, 0.2) is 12.4 Å².